The van der Waals surface area contributed by atoms with Crippen molar-refractivity contribution in [3.8, 4) is 5.75 Å². The Balaban J connectivity index is 1.73. The van der Waals surface area contributed by atoms with Gasteiger partial charge in [0.25, 0.3) is 0 Å². The van der Waals surface area contributed by atoms with Gasteiger partial charge in [-0.25, -0.2) is 0 Å². The van der Waals surface area contributed by atoms with E-state index in [1.807, 2.05) is 30.0 Å². The standard InChI is InChI=1S/C17H20ClNO3/c1-12-2-3-15-13(10-12)14(20)11-17(22-15)5-8-19(9-6-17)16(21)4-7-18/h2-3,10H,4-9,11H2,1H3. The highest BCUT2D eigenvalue weighted by Gasteiger charge is 2.43. The second-order valence-corrected chi connectivity index (χ2v) is 6.58. The van der Waals surface area contributed by atoms with Crippen molar-refractivity contribution < 1.29 is 14.3 Å². The highest BCUT2D eigenvalue weighted by atomic mass is 35.5. The molecule has 0 aliphatic carbocycles. The van der Waals surface area contributed by atoms with Crippen LogP contribution < -0.4 is 4.74 Å². The number of ether oxygens (including phenoxy) is 1. The number of ketones is 1. The topological polar surface area (TPSA) is 46.6 Å². The van der Waals surface area contributed by atoms with Gasteiger partial charge in [-0.15, -0.1) is 11.6 Å². The number of fused-ring (bicyclic) bond motifs is 1. The lowest BCUT2D eigenvalue weighted by Gasteiger charge is -2.44. The van der Waals surface area contributed by atoms with Crippen LogP contribution in [0.3, 0.4) is 0 Å². The van der Waals surface area contributed by atoms with Crippen LogP contribution in [-0.2, 0) is 4.79 Å². The van der Waals surface area contributed by atoms with Crippen molar-refractivity contribution in [2.75, 3.05) is 19.0 Å². The van der Waals surface area contributed by atoms with Crippen LogP contribution in [0.4, 0.5) is 0 Å². The zero-order valence-corrected chi connectivity index (χ0v) is 13.5. The minimum atomic E-state index is -0.447. The molecule has 1 aromatic rings. The van der Waals surface area contributed by atoms with E-state index in [0.717, 1.165) is 5.56 Å². The number of Topliss-reactive ketones (excluding diaryl/α,β-unsaturated/α-hetero) is 1. The van der Waals surface area contributed by atoms with Crippen molar-refractivity contribution in [1.82, 2.24) is 4.90 Å². The first kappa shape index (κ1) is 15.3. The Hall–Kier alpha value is -1.55. The summed E-state index contributed by atoms with van der Waals surface area (Å²) in [6, 6.07) is 5.74. The molecule has 0 radical (unpaired) electrons. The normalized spacial score (nSPS) is 19.7. The molecule has 118 valence electrons. The maximum atomic E-state index is 12.5. The number of alkyl halides is 1. The Morgan fingerprint density at radius 2 is 2.09 bits per heavy atom. The van der Waals surface area contributed by atoms with E-state index in [4.69, 9.17) is 16.3 Å². The minimum Gasteiger partial charge on any atom is -0.486 e. The fourth-order valence-corrected chi connectivity index (χ4v) is 3.45. The number of carbonyl (C=O) groups is 2. The average molecular weight is 322 g/mol. The Labute approximate surface area is 135 Å². The fourth-order valence-electron chi connectivity index (χ4n) is 3.29. The molecule has 0 bridgehead atoms. The van der Waals surface area contributed by atoms with Gasteiger partial charge in [-0.1, -0.05) is 11.6 Å². The molecule has 2 aliphatic rings. The number of hydrogen-bond acceptors (Lipinski definition) is 3. The maximum Gasteiger partial charge on any atom is 0.223 e. The summed E-state index contributed by atoms with van der Waals surface area (Å²) in [7, 11) is 0. The van der Waals surface area contributed by atoms with Gasteiger partial charge < -0.3 is 9.64 Å². The number of aryl methyl sites for hydroxylation is 1. The monoisotopic (exact) mass is 321 g/mol. The zero-order valence-electron chi connectivity index (χ0n) is 12.7. The second kappa shape index (κ2) is 5.92. The lowest BCUT2D eigenvalue weighted by atomic mass is 9.82. The average Bonchev–Trinajstić information content (AvgIpc) is 2.49. The highest BCUT2D eigenvalue weighted by Crippen LogP contribution is 2.39. The number of rotatable bonds is 2. The van der Waals surface area contributed by atoms with Crippen LogP contribution in [0.5, 0.6) is 5.75 Å². The molecule has 0 aromatic heterocycles. The van der Waals surface area contributed by atoms with Gasteiger partial charge >= 0.3 is 0 Å². The van der Waals surface area contributed by atoms with Crippen molar-refractivity contribution in [1.29, 1.82) is 0 Å². The SMILES string of the molecule is Cc1ccc2c(c1)C(=O)CC1(CCN(C(=O)CCCl)CC1)O2. The molecular formula is C17H20ClNO3. The number of carbonyl (C=O) groups excluding carboxylic acids is 2. The molecule has 0 unspecified atom stereocenters. The van der Waals surface area contributed by atoms with Crippen LogP contribution in [0.25, 0.3) is 0 Å². The van der Waals surface area contributed by atoms with Crippen LogP contribution in [0.15, 0.2) is 18.2 Å². The van der Waals surface area contributed by atoms with Gasteiger partial charge in [0.15, 0.2) is 5.78 Å². The maximum absolute atomic E-state index is 12.5. The Kier molecular flexibility index (Phi) is 4.13. The third kappa shape index (κ3) is 2.84. The van der Waals surface area contributed by atoms with E-state index >= 15 is 0 Å². The molecule has 1 saturated heterocycles. The first-order valence-electron chi connectivity index (χ1n) is 7.70. The minimum absolute atomic E-state index is 0.0861. The van der Waals surface area contributed by atoms with Gasteiger partial charge in [-0.05, 0) is 19.1 Å². The lowest BCUT2D eigenvalue weighted by Crippen LogP contribution is -2.52. The molecule has 4 nitrogen and oxygen atoms in total. The summed E-state index contributed by atoms with van der Waals surface area (Å²) in [5, 5.41) is 0. The first-order chi connectivity index (χ1) is 10.5. The summed E-state index contributed by atoms with van der Waals surface area (Å²) in [5.74, 6) is 1.26. The predicted molar refractivity (Wildman–Crippen MR) is 84.6 cm³/mol. The summed E-state index contributed by atoms with van der Waals surface area (Å²) < 4.78 is 6.19. The largest absolute Gasteiger partial charge is 0.486 e. The van der Waals surface area contributed by atoms with Crippen LogP contribution in [0, 0.1) is 6.92 Å². The number of benzene rings is 1. The second-order valence-electron chi connectivity index (χ2n) is 6.20. The number of halogens is 1. The van der Waals surface area contributed by atoms with Gasteiger partial charge in [0.05, 0.1) is 12.0 Å². The number of amides is 1. The molecular weight excluding hydrogens is 302 g/mol. The van der Waals surface area contributed by atoms with Crippen LogP contribution in [0.2, 0.25) is 0 Å². The first-order valence-corrected chi connectivity index (χ1v) is 8.23. The van der Waals surface area contributed by atoms with Crippen molar-refractivity contribution in [2.24, 2.45) is 0 Å². The van der Waals surface area contributed by atoms with Crippen molar-refractivity contribution in [3.05, 3.63) is 29.3 Å². The van der Waals surface area contributed by atoms with E-state index in [2.05, 4.69) is 0 Å². The summed E-state index contributed by atoms with van der Waals surface area (Å²) in [6.07, 6.45) is 2.16. The smallest absolute Gasteiger partial charge is 0.223 e. The van der Waals surface area contributed by atoms with Crippen molar-refractivity contribution >= 4 is 23.3 Å². The van der Waals surface area contributed by atoms with Crippen LogP contribution >= 0.6 is 11.6 Å². The number of likely N-dealkylation sites (tertiary alicyclic amines) is 1. The van der Waals surface area contributed by atoms with Crippen molar-refractivity contribution in [3.63, 3.8) is 0 Å². The molecule has 1 aromatic carbocycles. The molecule has 1 amide bonds. The van der Waals surface area contributed by atoms with E-state index in [9.17, 15) is 9.59 Å². The third-order valence-corrected chi connectivity index (χ3v) is 4.77. The number of hydrogen-bond donors (Lipinski definition) is 0. The van der Waals surface area contributed by atoms with E-state index in [1.165, 1.54) is 0 Å². The van der Waals surface area contributed by atoms with E-state index in [0.29, 0.717) is 56.0 Å². The van der Waals surface area contributed by atoms with Gasteiger partial charge in [0.1, 0.15) is 11.4 Å². The highest BCUT2D eigenvalue weighted by molar-refractivity contribution is 6.18. The van der Waals surface area contributed by atoms with Gasteiger partial charge in [0.2, 0.25) is 5.91 Å². The fraction of sp³-hybridized carbons (Fsp3) is 0.529. The van der Waals surface area contributed by atoms with Gasteiger partial charge in [-0.3, -0.25) is 9.59 Å². The number of nitrogens with zero attached hydrogens (tertiary/aromatic N) is 1. The van der Waals surface area contributed by atoms with Gasteiger partial charge in [0, 0.05) is 38.2 Å². The van der Waals surface area contributed by atoms with Crippen LogP contribution in [-0.4, -0.2) is 41.2 Å². The molecule has 5 heteroatoms. The molecule has 22 heavy (non-hydrogen) atoms. The summed E-state index contributed by atoms with van der Waals surface area (Å²) in [6.45, 7) is 3.23. The van der Waals surface area contributed by atoms with Crippen LogP contribution in [0.1, 0.15) is 41.6 Å². The number of piperidine rings is 1. The van der Waals surface area contributed by atoms with E-state index < -0.39 is 5.60 Å². The summed E-state index contributed by atoms with van der Waals surface area (Å²) >= 11 is 5.63. The Morgan fingerprint density at radius 1 is 1.36 bits per heavy atom. The Bertz CT molecular complexity index is 606. The molecule has 3 rings (SSSR count). The quantitative estimate of drug-likeness (QED) is 0.787. The molecule has 2 aliphatic heterocycles. The third-order valence-electron chi connectivity index (χ3n) is 4.58. The predicted octanol–water partition coefficient (Wildman–Crippen LogP) is 2.95. The molecule has 1 fully saturated rings. The molecule has 0 atom stereocenters. The molecule has 1 spiro atoms. The van der Waals surface area contributed by atoms with E-state index in [1.54, 1.807) is 0 Å². The zero-order chi connectivity index (χ0) is 15.7. The lowest BCUT2D eigenvalue weighted by molar-refractivity contribution is -0.134. The molecule has 2 heterocycles. The van der Waals surface area contributed by atoms with E-state index in [-0.39, 0.29) is 11.7 Å². The van der Waals surface area contributed by atoms with Crippen molar-refractivity contribution in [2.45, 2.75) is 38.2 Å². The summed E-state index contributed by atoms with van der Waals surface area (Å²) in [5.41, 5.74) is 1.30. The molecule has 0 N–H and O–H groups in total. The Morgan fingerprint density at radius 3 is 2.77 bits per heavy atom. The molecule has 0 saturated carbocycles. The summed E-state index contributed by atoms with van der Waals surface area (Å²) in [4.78, 5) is 26.2. The van der Waals surface area contributed by atoms with Gasteiger partial charge in [-0.2, -0.15) is 0 Å².